The molecule has 1 rings (SSSR count). The van der Waals surface area contributed by atoms with E-state index in [1.165, 1.54) is 11.3 Å². The van der Waals surface area contributed by atoms with Crippen LogP contribution in [-0.4, -0.2) is 31.9 Å². The lowest BCUT2D eigenvalue weighted by Crippen LogP contribution is -2.33. The zero-order valence-corrected chi connectivity index (χ0v) is 14.7. The van der Waals surface area contributed by atoms with Crippen LogP contribution in [0.4, 0.5) is 0 Å². The molecule has 116 valence electrons. The summed E-state index contributed by atoms with van der Waals surface area (Å²) in [6.07, 6.45) is 0.829. The fourth-order valence-corrected chi connectivity index (χ4v) is 5.33. The Morgan fingerprint density at radius 2 is 2.00 bits per heavy atom. The molecular formula is C14H26N2O2S2. The highest BCUT2D eigenvalue weighted by atomic mass is 32.2. The lowest BCUT2D eigenvalue weighted by Gasteiger charge is -2.21. The first-order valence-electron chi connectivity index (χ1n) is 7.15. The molecule has 0 aliphatic heterocycles. The van der Waals surface area contributed by atoms with Gasteiger partial charge in [-0.2, -0.15) is 4.31 Å². The highest BCUT2D eigenvalue weighted by Crippen LogP contribution is 2.29. The molecule has 0 aromatic carbocycles. The number of rotatable bonds is 8. The van der Waals surface area contributed by atoms with Gasteiger partial charge in [-0.1, -0.05) is 27.7 Å². The van der Waals surface area contributed by atoms with Gasteiger partial charge in [-0.15, -0.1) is 11.3 Å². The maximum Gasteiger partial charge on any atom is 0.244 e. The molecule has 0 saturated carbocycles. The molecule has 0 radical (unpaired) electrons. The summed E-state index contributed by atoms with van der Waals surface area (Å²) >= 11 is 1.52. The van der Waals surface area contributed by atoms with Crippen LogP contribution in [0.2, 0.25) is 0 Å². The predicted octanol–water partition coefficient (Wildman–Crippen LogP) is 2.98. The van der Waals surface area contributed by atoms with Gasteiger partial charge in [0.1, 0.15) is 4.90 Å². The average molecular weight is 319 g/mol. The fourth-order valence-electron chi connectivity index (χ4n) is 2.08. The van der Waals surface area contributed by atoms with Gasteiger partial charge in [0.05, 0.1) is 0 Å². The highest BCUT2D eigenvalue weighted by molar-refractivity contribution is 7.89. The molecule has 0 bridgehead atoms. The van der Waals surface area contributed by atoms with Crippen LogP contribution in [0, 0.1) is 6.92 Å². The zero-order valence-electron chi connectivity index (χ0n) is 13.1. The molecule has 0 unspecified atom stereocenters. The number of aryl methyl sites for hydroxylation is 1. The van der Waals surface area contributed by atoms with E-state index >= 15 is 0 Å². The van der Waals surface area contributed by atoms with Crippen LogP contribution >= 0.6 is 11.3 Å². The van der Waals surface area contributed by atoms with Crippen LogP contribution in [0.3, 0.4) is 0 Å². The van der Waals surface area contributed by atoms with Gasteiger partial charge in [0, 0.05) is 30.6 Å². The average Bonchev–Trinajstić information content (AvgIpc) is 2.75. The monoisotopic (exact) mass is 318 g/mol. The third-order valence-corrected chi connectivity index (χ3v) is 6.52. The summed E-state index contributed by atoms with van der Waals surface area (Å²) in [6.45, 7) is 11.6. The standard InChI is InChI=1S/C14H26N2O2S2/c1-6-8-16(7-2)20(17,18)14-12(5)10-19-13(14)9-15-11(3)4/h10-11,15H,6-9H2,1-5H3. The summed E-state index contributed by atoms with van der Waals surface area (Å²) in [5, 5.41) is 5.24. The van der Waals surface area contributed by atoms with Crippen molar-refractivity contribution in [2.24, 2.45) is 0 Å². The first kappa shape index (κ1) is 17.6. The van der Waals surface area contributed by atoms with E-state index in [1.54, 1.807) is 4.31 Å². The molecule has 20 heavy (non-hydrogen) atoms. The van der Waals surface area contributed by atoms with E-state index in [1.807, 2.05) is 26.2 Å². The normalized spacial score (nSPS) is 12.6. The summed E-state index contributed by atoms with van der Waals surface area (Å²) in [5.74, 6) is 0. The molecule has 0 atom stereocenters. The Kier molecular flexibility index (Phi) is 6.64. The van der Waals surface area contributed by atoms with Crippen LogP contribution in [0.5, 0.6) is 0 Å². The Hall–Kier alpha value is -0.430. The Labute approximate surface area is 127 Å². The molecule has 0 aliphatic rings. The minimum atomic E-state index is -3.38. The van der Waals surface area contributed by atoms with Crippen molar-refractivity contribution in [3.05, 3.63) is 15.8 Å². The van der Waals surface area contributed by atoms with Crippen molar-refractivity contribution in [3.8, 4) is 0 Å². The number of sulfonamides is 1. The first-order valence-corrected chi connectivity index (χ1v) is 9.47. The van der Waals surface area contributed by atoms with Crippen molar-refractivity contribution in [2.75, 3.05) is 13.1 Å². The third kappa shape index (κ3) is 4.04. The van der Waals surface area contributed by atoms with Crippen molar-refractivity contribution >= 4 is 21.4 Å². The first-order chi connectivity index (χ1) is 9.34. The Balaban J connectivity index is 3.13. The van der Waals surface area contributed by atoms with Crippen LogP contribution in [0.25, 0.3) is 0 Å². The molecule has 0 amide bonds. The second-order valence-electron chi connectivity index (χ2n) is 5.20. The Bertz CT molecular complexity index is 521. The summed E-state index contributed by atoms with van der Waals surface area (Å²) in [6, 6.07) is 0.339. The van der Waals surface area contributed by atoms with E-state index in [9.17, 15) is 8.42 Å². The molecule has 0 saturated heterocycles. The smallest absolute Gasteiger partial charge is 0.244 e. The molecule has 1 aromatic heterocycles. The summed E-state index contributed by atoms with van der Waals surface area (Å²) < 4.78 is 27.2. The number of nitrogens with one attached hydrogen (secondary N) is 1. The molecule has 1 heterocycles. The summed E-state index contributed by atoms with van der Waals surface area (Å²) in [5.41, 5.74) is 0.852. The van der Waals surface area contributed by atoms with Gasteiger partial charge >= 0.3 is 0 Å². The fraction of sp³-hybridized carbons (Fsp3) is 0.714. The van der Waals surface area contributed by atoms with Crippen molar-refractivity contribution in [1.82, 2.24) is 9.62 Å². The third-order valence-electron chi connectivity index (χ3n) is 3.08. The van der Waals surface area contributed by atoms with Gasteiger partial charge in [-0.3, -0.25) is 0 Å². The number of hydrogen-bond acceptors (Lipinski definition) is 4. The Morgan fingerprint density at radius 1 is 1.35 bits per heavy atom. The van der Waals surface area contributed by atoms with Gasteiger partial charge in [0.15, 0.2) is 0 Å². The van der Waals surface area contributed by atoms with Crippen molar-refractivity contribution in [3.63, 3.8) is 0 Å². The molecular weight excluding hydrogens is 292 g/mol. The van der Waals surface area contributed by atoms with E-state index < -0.39 is 10.0 Å². The number of nitrogens with zero attached hydrogens (tertiary/aromatic N) is 1. The molecule has 1 aromatic rings. The minimum absolute atomic E-state index is 0.339. The highest BCUT2D eigenvalue weighted by Gasteiger charge is 2.28. The topological polar surface area (TPSA) is 49.4 Å². The van der Waals surface area contributed by atoms with Gasteiger partial charge in [0.2, 0.25) is 10.0 Å². The molecule has 6 heteroatoms. The van der Waals surface area contributed by atoms with E-state index in [-0.39, 0.29) is 0 Å². The van der Waals surface area contributed by atoms with E-state index in [0.717, 1.165) is 16.9 Å². The van der Waals surface area contributed by atoms with E-state index in [2.05, 4.69) is 19.2 Å². The SMILES string of the molecule is CCCN(CC)S(=O)(=O)c1c(C)csc1CNC(C)C. The molecule has 0 fully saturated rings. The quantitative estimate of drug-likeness (QED) is 0.801. The number of hydrogen-bond donors (Lipinski definition) is 1. The van der Waals surface area contributed by atoms with Crippen LogP contribution in [-0.2, 0) is 16.6 Å². The van der Waals surface area contributed by atoms with Crippen molar-refractivity contribution in [2.45, 2.75) is 58.5 Å². The lowest BCUT2D eigenvalue weighted by atomic mass is 10.3. The van der Waals surface area contributed by atoms with Crippen LogP contribution < -0.4 is 5.32 Å². The second kappa shape index (κ2) is 7.54. The van der Waals surface area contributed by atoms with Gasteiger partial charge < -0.3 is 5.32 Å². The van der Waals surface area contributed by atoms with E-state index in [4.69, 9.17) is 0 Å². The lowest BCUT2D eigenvalue weighted by molar-refractivity contribution is 0.426. The molecule has 0 spiro atoms. The van der Waals surface area contributed by atoms with Gasteiger partial charge in [-0.25, -0.2) is 8.42 Å². The van der Waals surface area contributed by atoms with Crippen LogP contribution in [0.15, 0.2) is 10.3 Å². The van der Waals surface area contributed by atoms with Crippen molar-refractivity contribution in [1.29, 1.82) is 0 Å². The molecule has 0 aliphatic carbocycles. The largest absolute Gasteiger partial charge is 0.310 e. The maximum absolute atomic E-state index is 12.8. The molecule has 4 nitrogen and oxygen atoms in total. The van der Waals surface area contributed by atoms with Gasteiger partial charge in [0.25, 0.3) is 0 Å². The minimum Gasteiger partial charge on any atom is -0.310 e. The van der Waals surface area contributed by atoms with Crippen LogP contribution in [0.1, 0.15) is 44.6 Å². The predicted molar refractivity (Wildman–Crippen MR) is 85.8 cm³/mol. The maximum atomic E-state index is 12.8. The summed E-state index contributed by atoms with van der Waals surface area (Å²) in [4.78, 5) is 1.41. The van der Waals surface area contributed by atoms with Gasteiger partial charge in [-0.05, 0) is 24.3 Å². The number of thiophene rings is 1. The zero-order chi connectivity index (χ0) is 15.3. The molecule has 1 N–H and O–H groups in total. The Morgan fingerprint density at radius 3 is 2.50 bits per heavy atom. The summed E-state index contributed by atoms with van der Waals surface area (Å²) in [7, 11) is -3.38. The van der Waals surface area contributed by atoms with Crippen molar-refractivity contribution < 1.29 is 8.42 Å². The van der Waals surface area contributed by atoms with E-state index in [0.29, 0.717) is 30.6 Å². The second-order valence-corrected chi connectivity index (χ2v) is 8.04.